The first-order chi connectivity index (χ1) is 8.98. The van der Waals surface area contributed by atoms with E-state index in [9.17, 15) is 8.42 Å². The fourth-order valence-corrected chi connectivity index (χ4v) is 3.79. The maximum absolute atomic E-state index is 11.3. The van der Waals surface area contributed by atoms with E-state index in [0.29, 0.717) is 12.2 Å². The second-order valence-electron chi connectivity index (χ2n) is 4.31. The van der Waals surface area contributed by atoms with Crippen LogP contribution in [0.3, 0.4) is 0 Å². The van der Waals surface area contributed by atoms with E-state index in [0.717, 1.165) is 5.75 Å². The van der Waals surface area contributed by atoms with Gasteiger partial charge in [0.1, 0.15) is 11.5 Å². The van der Waals surface area contributed by atoms with Crippen LogP contribution in [0.25, 0.3) is 0 Å². The Morgan fingerprint density at radius 1 is 1.32 bits per heavy atom. The minimum atomic E-state index is -2.92. The predicted octanol–water partition coefficient (Wildman–Crippen LogP) is 1.14. The normalized spacial score (nSPS) is 20.8. The molecule has 19 heavy (non-hydrogen) atoms. The largest absolute Gasteiger partial charge is 0.497 e. The predicted molar refractivity (Wildman–Crippen MR) is 76.4 cm³/mol. The van der Waals surface area contributed by atoms with Crippen LogP contribution < -0.4 is 14.8 Å². The molecule has 1 aromatic carbocycles. The molecule has 1 aliphatic rings. The number of rotatable bonds is 3. The fraction of sp³-hybridized carbons (Fsp3) is 0.417. The molecule has 1 aliphatic heterocycles. The smallest absolute Gasteiger partial charge is 0.262 e. The molecule has 2 rings (SSSR count). The van der Waals surface area contributed by atoms with E-state index in [4.69, 9.17) is 21.7 Å². The zero-order valence-corrected chi connectivity index (χ0v) is 12.1. The van der Waals surface area contributed by atoms with E-state index in [2.05, 4.69) is 5.32 Å². The van der Waals surface area contributed by atoms with Crippen LogP contribution in [-0.2, 0) is 9.84 Å². The lowest BCUT2D eigenvalue weighted by Crippen LogP contribution is -2.37. The molecule has 1 atom stereocenters. The molecule has 0 aromatic heterocycles. The van der Waals surface area contributed by atoms with Crippen LogP contribution in [0.15, 0.2) is 24.3 Å². The Morgan fingerprint density at radius 2 is 1.95 bits per heavy atom. The van der Waals surface area contributed by atoms with Crippen LogP contribution in [0.1, 0.15) is 6.42 Å². The quantitative estimate of drug-likeness (QED) is 0.845. The van der Waals surface area contributed by atoms with E-state index in [-0.39, 0.29) is 22.7 Å². The number of nitrogens with one attached hydrogen (secondary N) is 1. The number of thiocarbonyl (C=S) groups is 1. The lowest BCUT2D eigenvalue weighted by Gasteiger charge is -2.13. The average molecular weight is 301 g/mol. The molecule has 1 N–H and O–H groups in total. The van der Waals surface area contributed by atoms with Gasteiger partial charge in [-0.3, -0.25) is 0 Å². The zero-order chi connectivity index (χ0) is 13.9. The minimum absolute atomic E-state index is 0.110. The van der Waals surface area contributed by atoms with Gasteiger partial charge in [-0.2, -0.15) is 0 Å². The van der Waals surface area contributed by atoms with E-state index >= 15 is 0 Å². The van der Waals surface area contributed by atoms with Crippen LogP contribution in [0.4, 0.5) is 0 Å². The number of hydrogen-bond donors (Lipinski definition) is 1. The van der Waals surface area contributed by atoms with Crippen molar-refractivity contribution in [3.05, 3.63) is 24.3 Å². The molecule has 1 heterocycles. The third kappa shape index (κ3) is 4.07. The molecule has 7 heteroatoms. The van der Waals surface area contributed by atoms with Crippen molar-refractivity contribution in [1.82, 2.24) is 5.32 Å². The molecular formula is C12H15NO4S2. The lowest BCUT2D eigenvalue weighted by atomic mass is 10.3. The van der Waals surface area contributed by atoms with Crippen molar-refractivity contribution in [3.8, 4) is 11.5 Å². The molecule has 0 radical (unpaired) electrons. The van der Waals surface area contributed by atoms with E-state index in [1.54, 1.807) is 31.4 Å². The van der Waals surface area contributed by atoms with Gasteiger partial charge in [0.05, 0.1) is 18.6 Å². The van der Waals surface area contributed by atoms with Crippen LogP contribution >= 0.6 is 12.2 Å². The van der Waals surface area contributed by atoms with Gasteiger partial charge in [0, 0.05) is 6.04 Å². The molecule has 0 bridgehead atoms. The summed E-state index contributed by atoms with van der Waals surface area (Å²) in [6.45, 7) is 0. The highest BCUT2D eigenvalue weighted by Gasteiger charge is 2.28. The van der Waals surface area contributed by atoms with Gasteiger partial charge in [-0.25, -0.2) is 8.42 Å². The first-order valence-corrected chi connectivity index (χ1v) is 8.04. The summed E-state index contributed by atoms with van der Waals surface area (Å²) in [5, 5.41) is 3.10. The van der Waals surface area contributed by atoms with Gasteiger partial charge in [0.25, 0.3) is 5.17 Å². The summed E-state index contributed by atoms with van der Waals surface area (Å²) in [4.78, 5) is 0. The molecule has 1 saturated heterocycles. The maximum atomic E-state index is 11.3. The summed E-state index contributed by atoms with van der Waals surface area (Å²) in [5.41, 5.74) is 0. The molecule has 104 valence electrons. The summed E-state index contributed by atoms with van der Waals surface area (Å²) >= 11 is 5.05. The average Bonchev–Trinajstić information content (AvgIpc) is 2.69. The first kappa shape index (κ1) is 14.1. The lowest BCUT2D eigenvalue weighted by molar-refractivity contribution is 0.413. The van der Waals surface area contributed by atoms with Gasteiger partial charge in [-0.05, 0) is 42.9 Å². The van der Waals surface area contributed by atoms with E-state index in [1.165, 1.54) is 0 Å². The highest BCUT2D eigenvalue weighted by molar-refractivity contribution is 7.91. The van der Waals surface area contributed by atoms with E-state index in [1.807, 2.05) is 0 Å². The molecule has 5 nitrogen and oxygen atoms in total. The molecule has 0 aliphatic carbocycles. The van der Waals surface area contributed by atoms with Crippen molar-refractivity contribution in [2.24, 2.45) is 0 Å². The third-order valence-electron chi connectivity index (χ3n) is 2.82. The zero-order valence-electron chi connectivity index (χ0n) is 10.5. The standard InChI is InChI=1S/C12H15NO4S2/c1-16-10-2-4-11(5-3-10)17-12(18)13-9-6-7-19(14,15)8-9/h2-5,9H,6-8H2,1H3,(H,13,18). The second kappa shape index (κ2) is 5.75. The van der Waals surface area contributed by atoms with Crippen molar-refractivity contribution in [3.63, 3.8) is 0 Å². The number of sulfone groups is 1. The Bertz CT molecular complexity index is 554. The topological polar surface area (TPSA) is 64.6 Å². The van der Waals surface area contributed by atoms with Crippen molar-refractivity contribution < 1.29 is 17.9 Å². The van der Waals surface area contributed by atoms with Gasteiger partial charge >= 0.3 is 0 Å². The van der Waals surface area contributed by atoms with Gasteiger partial charge in [-0.15, -0.1) is 0 Å². The monoisotopic (exact) mass is 301 g/mol. The van der Waals surface area contributed by atoms with Crippen molar-refractivity contribution in [2.45, 2.75) is 12.5 Å². The van der Waals surface area contributed by atoms with Gasteiger partial charge in [0.2, 0.25) is 0 Å². The van der Waals surface area contributed by atoms with Gasteiger partial charge in [0.15, 0.2) is 9.84 Å². The fourth-order valence-electron chi connectivity index (χ4n) is 1.86. The number of methoxy groups -OCH3 is 1. The molecule has 1 unspecified atom stereocenters. The molecule has 0 spiro atoms. The SMILES string of the molecule is COc1ccc(OC(=S)NC2CCS(=O)(=O)C2)cc1. The second-order valence-corrected chi connectivity index (χ2v) is 6.91. The summed E-state index contributed by atoms with van der Waals surface area (Å²) < 4.78 is 33.1. The Morgan fingerprint density at radius 3 is 2.47 bits per heavy atom. The van der Waals surface area contributed by atoms with E-state index < -0.39 is 9.84 Å². The molecule has 0 saturated carbocycles. The Balaban J connectivity index is 1.87. The summed E-state index contributed by atoms with van der Waals surface area (Å²) in [6.07, 6.45) is 0.564. The Hall–Kier alpha value is -1.34. The Labute approximate surface area is 117 Å². The van der Waals surface area contributed by atoms with Gasteiger partial charge < -0.3 is 14.8 Å². The van der Waals surface area contributed by atoms with Crippen LogP contribution in [0.5, 0.6) is 11.5 Å². The van der Waals surface area contributed by atoms with Crippen molar-refractivity contribution in [1.29, 1.82) is 0 Å². The summed E-state index contributed by atoms with van der Waals surface area (Å²) in [5.74, 6) is 1.63. The molecular weight excluding hydrogens is 286 g/mol. The molecule has 1 fully saturated rings. The highest BCUT2D eigenvalue weighted by Crippen LogP contribution is 2.17. The Kier molecular flexibility index (Phi) is 4.26. The van der Waals surface area contributed by atoms with Gasteiger partial charge in [-0.1, -0.05) is 0 Å². The van der Waals surface area contributed by atoms with Crippen LogP contribution in [-0.4, -0.2) is 38.2 Å². The highest BCUT2D eigenvalue weighted by atomic mass is 32.2. The van der Waals surface area contributed by atoms with Crippen molar-refractivity contribution >= 4 is 27.2 Å². The maximum Gasteiger partial charge on any atom is 0.262 e. The van der Waals surface area contributed by atoms with Crippen LogP contribution in [0.2, 0.25) is 0 Å². The number of benzene rings is 1. The third-order valence-corrected chi connectivity index (χ3v) is 4.79. The number of ether oxygens (including phenoxy) is 2. The summed E-state index contributed by atoms with van der Waals surface area (Å²) in [7, 11) is -1.33. The summed E-state index contributed by atoms with van der Waals surface area (Å²) in [6, 6.07) is 6.84. The van der Waals surface area contributed by atoms with Crippen molar-refractivity contribution in [2.75, 3.05) is 18.6 Å². The number of hydrogen-bond acceptors (Lipinski definition) is 5. The van der Waals surface area contributed by atoms with Crippen LogP contribution in [0, 0.1) is 0 Å². The minimum Gasteiger partial charge on any atom is -0.497 e. The molecule has 1 aromatic rings. The first-order valence-electron chi connectivity index (χ1n) is 5.81. The molecule has 0 amide bonds.